The van der Waals surface area contributed by atoms with Gasteiger partial charge in [0, 0.05) is 17.4 Å². The lowest BCUT2D eigenvalue weighted by molar-refractivity contribution is 0.112. The highest BCUT2D eigenvalue weighted by Gasteiger charge is 2.12. The van der Waals surface area contributed by atoms with Crippen molar-refractivity contribution in [2.45, 2.75) is 20.4 Å². The summed E-state index contributed by atoms with van der Waals surface area (Å²) in [6.45, 7) is 3.75. The van der Waals surface area contributed by atoms with Crippen molar-refractivity contribution in [1.82, 2.24) is 9.55 Å². The molecule has 0 amide bonds. The van der Waals surface area contributed by atoms with E-state index in [9.17, 15) is 18.4 Å². The van der Waals surface area contributed by atoms with Crippen LogP contribution in [-0.2, 0) is 6.54 Å². The molecular weight excluding hydrogens is 383 g/mol. The number of hydrogen-bond donors (Lipinski definition) is 1. The van der Waals surface area contributed by atoms with Crippen LogP contribution in [0.5, 0.6) is 0 Å². The third-order valence-corrected chi connectivity index (χ3v) is 4.61. The number of halogens is 2. The molecule has 1 aromatic heterocycles. The van der Waals surface area contributed by atoms with Gasteiger partial charge in [-0.05, 0) is 60.1 Å². The minimum Gasteiger partial charge on any atom is -0.325 e. The maximum Gasteiger partial charge on any atom is 0.310 e. The Kier molecular flexibility index (Phi) is 5.66. The standard InChI is InChI=1S/C20H18F2N3O2P/c1-11-3-12(2)18(6-14(11)10-26)23-20-24-19(27)17(22)9-25(20)8-13-4-15(21)7-16(28)5-13/h3-7,9-10H,8,28H2,1-2H3,(H,23,24,27). The van der Waals surface area contributed by atoms with Crippen molar-refractivity contribution in [3.8, 4) is 0 Å². The summed E-state index contributed by atoms with van der Waals surface area (Å²) in [6.07, 6.45) is 1.76. The molecule has 1 unspecified atom stereocenters. The van der Waals surface area contributed by atoms with E-state index >= 15 is 0 Å². The van der Waals surface area contributed by atoms with Crippen LogP contribution in [-0.4, -0.2) is 15.8 Å². The first-order valence-electron chi connectivity index (χ1n) is 8.42. The lowest BCUT2D eigenvalue weighted by Crippen LogP contribution is -2.20. The Bertz CT molecular complexity index is 1110. The fraction of sp³-hybridized carbons (Fsp3) is 0.150. The number of nitrogens with one attached hydrogen (secondary N) is 1. The van der Waals surface area contributed by atoms with Crippen molar-refractivity contribution in [2.75, 3.05) is 5.32 Å². The fourth-order valence-corrected chi connectivity index (χ4v) is 3.28. The van der Waals surface area contributed by atoms with Gasteiger partial charge in [0.15, 0.2) is 0 Å². The van der Waals surface area contributed by atoms with E-state index in [1.807, 2.05) is 19.9 Å². The van der Waals surface area contributed by atoms with E-state index in [0.717, 1.165) is 23.6 Å². The summed E-state index contributed by atoms with van der Waals surface area (Å²) in [5.41, 5.74) is 2.26. The molecule has 5 nitrogen and oxygen atoms in total. The van der Waals surface area contributed by atoms with E-state index in [-0.39, 0.29) is 12.5 Å². The van der Waals surface area contributed by atoms with Gasteiger partial charge < -0.3 is 9.88 Å². The number of nitrogens with zero attached hydrogens (tertiary/aromatic N) is 2. The van der Waals surface area contributed by atoms with Crippen LogP contribution < -0.4 is 16.2 Å². The molecule has 0 saturated carbocycles. The van der Waals surface area contributed by atoms with Crippen molar-refractivity contribution >= 4 is 32.5 Å². The number of carbonyl (C=O) groups excluding carboxylic acids is 1. The summed E-state index contributed by atoms with van der Waals surface area (Å²) in [5.74, 6) is -1.34. The summed E-state index contributed by atoms with van der Waals surface area (Å²) in [4.78, 5) is 26.7. The monoisotopic (exact) mass is 401 g/mol. The second kappa shape index (κ2) is 7.98. The van der Waals surface area contributed by atoms with Crippen LogP contribution in [0.3, 0.4) is 0 Å². The SMILES string of the molecule is Cc1cc(C)c(Nc2nc(=O)c(F)cn2Cc2cc(F)cc(P)c2)cc1C=O. The molecule has 0 spiro atoms. The minimum atomic E-state index is -1.01. The van der Waals surface area contributed by atoms with Crippen LogP contribution in [0.25, 0.3) is 0 Å². The lowest BCUT2D eigenvalue weighted by atomic mass is 10.0. The second-order valence-corrected chi connectivity index (χ2v) is 7.17. The summed E-state index contributed by atoms with van der Waals surface area (Å²) in [7, 11) is 2.41. The number of aldehydes is 1. The smallest absolute Gasteiger partial charge is 0.310 e. The molecule has 3 rings (SSSR count). The molecule has 28 heavy (non-hydrogen) atoms. The quantitative estimate of drug-likeness (QED) is 0.527. The first-order chi connectivity index (χ1) is 13.3. The van der Waals surface area contributed by atoms with Gasteiger partial charge in [-0.25, -0.2) is 4.39 Å². The molecule has 0 bridgehead atoms. The van der Waals surface area contributed by atoms with E-state index in [0.29, 0.717) is 22.1 Å². The third-order valence-electron chi connectivity index (χ3n) is 4.27. The van der Waals surface area contributed by atoms with Crippen LogP contribution in [0.2, 0.25) is 0 Å². The van der Waals surface area contributed by atoms with E-state index in [2.05, 4.69) is 19.5 Å². The van der Waals surface area contributed by atoms with Crippen LogP contribution in [0, 0.1) is 25.5 Å². The maximum atomic E-state index is 13.9. The highest BCUT2D eigenvalue weighted by Crippen LogP contribution is 2.23. The van der Waals surface area contributed by atoms with E-state index in [1.54, 1.807) is 12.1 Å². The fourth-order valence-electron chi connectivity index (χ4n) is 2.90. The molecule has 1 N–H and O–H groups in total. The van der Waals surface area contributed by atoms with E-state index in [1.165, 1.54) is 16.7 Å². The normalized spacial score (nSPS) is 10.8. The van der Waals surface area contributed by atoms with Gasteiger partial charge in [0.25, 0.3) is 0 Å². The average molecular weight is 401 g/mol. The summed E-state index contributed by atoms with van der Waals surface area (Å²) in [5, 5.41) is 3.63. The molecule has 144 valence electrons. The molecule has 8 heteroatoms. The Labute approximate surface area is 162 Å². The molecule has 0 aliphatic rings. The molecule has 0 saturated heterocycles. The Balaban J connectivity index is 2.05. The molecule has 0 aliphatic carbocycles. The van der Waals surface area contributed by atoms with Crippen molar-refractivity contribution in [3.63, 3.8) is 0 Å². The summed E-state index contributed by atoms with van der Waals surface area (Å²) >= 11 is 0. The lowest BCUT2D eigenvalue weighted by Gasteiger charge is -2.16. The number of aryl methyl sites for hydroxylation is 2. The molecule has 1 heterocycles. The number of aromatic nitrogens is 2. The Morgan fingerprint density at radius 2 is 1.89 bits per heavy atom. The van der Waals surface area contributed by atoms with Gasteiger partial charge in [0.2, 0.25) is 11.8 Å². The minimum absolute atomic E-state index is 0.0877. The zero-order chi connectivity index (χ0) is 20.4. The van der Waals surface area contributed by atoms with Crippen molar-refractivity contribution in [3.05, 3.63) is 80.8 Å². The number of hydrogen-bond acceptors (Lipinski definition) is 4. The Hall–Kier alpha value is -2.92. The molecule has 0 radical (unpaired) electrons. The number of rotatable bonds is 5. The zero-order valence-electron chi connectivity index (χ0n) is 15.3. The van der Waals surface area contributed by atoms with Gasteiger partial charge in [-0.1, -0.05) is 6.07 Å². The topological polar surface area (TPSA) is 64.0 Å². The third kappa shape index (κ3) is 4.31. The van der Waals surface area contributed by atoms with Crippen LogP contribution in [0.15, 0.2) is 41.3 Å². The first-order valence-corrected chi connectivity index (χ1v) is 9.00. The van der Waals surface area contributed by atoms with E-state index < -0.39 is 17.2 Å². The van der Waals surface area contributed by atoms with Gasteiger partial charge in [0.1, 0.15) is 12.1 Å². The number of benzene rings is 2. The predicted molar refractivity (Wildman–Crippen MR) is 108 cm³/mol. The van der Waals surface area contributed by atoms with Crippen molar-refractivity contribution in [2.24, 2.45) is 0 Å². The van der Waals surface area contributed by atoms with Gasteiger partial charge in [-0.3, -0.25) is 9.59 Å². The predicted octanol–water partition coefficient (Wildman–Crippen LogP) is 3.24. The molecule has 0 fully saturated rings. The van der Waals surface area contributed by atoms with Gasteiger partial charge in [-0.2, -0.15) is 9.37 Å². The highest BCUT2D eigenvalue weighted by molar-refractivity contribution is 7.27. The van der Waals surface area contributed by atoms with Crippen LogP contribution in [0.1, 0.15) is 27.0 Å². The molecule has 0 aliphatic heterocycles. The summed E-state index contributed by atoms with van der Waals surface area (Å²) < 4.78 is 28.9. The van der Waals surface area contributed by atoms with Crippen molar-refractivity contribution < 1.29 is 13.6 Å². The number of carbonyl (C=O) groups is 1. The molecule has 1 atom stereocenters. The average Bonchev–Trinajstić information content (AvgIpc) is 2.60. The summed E-state index contributed by atoms with van der Waals surface area (Å²) in [6, 6.07) is 7.88. The number of anilines is 2. The van der Waals surface area contributed by atoms with Crippen LogP contribution >= 0.6 is 9.24 Å². The molecule has 2 aromatic carbocycles. The first kappa shape index (κ1) is 19.8. The maximum absolute atomic E-state index is 13.9. The Morgan fingerprint density at radius 1 is 1.14 bits per heavy atom. The Morgan fingerprint density at radius 3 is 2.57 bits per heavy atom. The molecular formula is C20H18F2N3O2P. The van der Waals surface area contributed by atoms with Crippen molar-refractivity contribution in [1.29, 1.82) is 0 Å². The van der Waals surface area contributed by atoms with Crippen LogP contribution in [0.4, 0.5) is 20.4 Å². The largest absolute Gasteiger partial charge is 0.325 e. The van der Waals surface area contributed by atoms with E-state index in [4.69, 9.17) is 0 Å². The van der Waals surface area contributed by atoms with Gasteiger partial charge in [-0.15, -0.1) is 9.24 Å². The second-order valence-electron chi connectivity index (χ2n) is 6.50. The molecule has 3 aromatic rings. The van der Waals surface area contributed by atoms with Gasteiger partial charge in [0.05, 0.1) is 6.54 Å². The highest BCUT2D eigenvalue weighted by atomic mass is 31.0. The zero-order valence-corrected chi connectivity index (χ0v) is 16.4. The van der Waals surface area contributed by atoms with Gasteiger partial charge >= 0.3 is 5.56 Å².